The molecule has 0 fully saturated rings. The molecule has 0 rings (SSSR count). The van der Waals surface area contributed by atoms with Gasteiger partial charge in [-0.1, -0.05) is 0 Å². The Labute approximate surface area is 82.5 Å². The van der Waals surface area contributed by atoms with Crippen molar-refractivity contribution in [3.05, 3.63) is 0 Å². The molecule has 0 bridgehead atoms. The molecular formula is C8H16N2O4. The van der Waals surface area contributed by atoms with E-state index >= 15 is 0 Å². The van der Waals surface area contributed by atoms with Gasteiger partial charge in [-0.3, -0.25) is 4.79 Å². The van der Waals surface area contributed by atoms with Gasteiger partial charge in [0.15, 0.2) is 6.10 Å². The summed E-state index contributed by atoms with van der Waals surface area (Å²) in [6, 6.07) is 0. The molecule has 0 heterocycles. The Kier molecular flexibility index (Phi) is 6.69. The molecule has 6 heteroatoms. The van der Waals surface area contributed by atoms with E-state index in [4.69, 9.17) is 16.2 Å². The summed E-state index contributed by atoms with van der Waals surface area (Å²) in [5.74, 6) is -1.23. The summed E-state index contributed by atoms with van der Waals surface area (Å²) >= 11 is 0. The van der Waals surface area contributed by atoms with Gasteiger partial charge in [-0.05, 0) is 13.5 Å². The maximum Gasteiger partial charge on any atom is 0.347 e. The Morgan fingerprint density at radius 3 is 2.43 bits per heavy atom. The summed E-state index contributed by atoms with van der Waals surface area (Å²) in [5.41, 5.74) is 10.3. The van der Waals surface area contributed by atoms with Gasteiger partial charge in [0.2, 0.25) is 0 Å². The van der Waals surface area contributed by atoms with Gasteiger partial charge in [0, 0.05) is 6.42 Å². The van der Waals surface area contributed by atoms with Gasteiger partial charge in [-0.2, -0.15) is 0 Å². The molecule has 0 aromatic heterocycles. The first-order valence-corrected chi connectivity index (χ1v) is 4.41. The van der Waals surface area contributed by atoms with Crippen molar-refractivity contribution in [2.45, 2.75) is 19.4 Å². The minimum Gasteiger partial charge on any atom is -0.463 e. The van der Waals surface area contributed by atoms with E-state index < -0.39 is 18.0 Å². The Bertz CT molecular complexity index is 196. The molecule has 4 N–H and O–H groups in total. The molecule has 0 radical (unpaired) electrons. The largest absolute Gasteiger partial charge is 0.463 e. The van der Waals surface area contributed by atoms with Crippen LogP contribution in [-0.4, -0.2) is 37.7 Å². The Morgan fingerprint density at radius 1 is 1.36 bits per heavy atom. The minimum atomic E-state index is -0.934. The first kappa shape index (κ1) is 12.9. The molecule has 0 saturated heterocycles. The van der Waals surface area contributed by atoms with Gasteiger partial charge in [0.1, 0.15) is 0 Å². The second-order valence-corrected chi connectivity index (χ2v) is 2.51. The number of carbonyl (C=O) groups is 2. The van der Waals surface area contributed by atoms with Crippen molar-refractivity contribution in [3.8, 4) is 0 Å². The average Bonchev–Trinajstić information content (AvgIpc) is 2.17. The van der Waals surface area contributed by atoms with E-state index in [1.165, 1.54) is 0 Å². The molecule has 0 aliphatic heterocycles. The Balaban J connectivity index is 4.13. The summed E-state index contributed by atoms with van der Waals surface area (Å²) in [5, 5.41) is 0. The van der Waals surface area contributed by atoms with E-state index in [9.17, 15) is 9.59 Å². The number of carbonyl (C=O) groups excluding carboxylic acids is 2. The fraction of sp³-hybridized carbons (Fsp3) is 0.750. The highest BCUT2D eigenvalue weighted by molar-refractivity contribution is 5.80. The van der Waals surface area contributed by atoms with Crippen LogP contribution >= 0.6 is 0 Å². The topological polar surface area (TPSA) is 105 Å². The van der Waals surface area contributed by atoms with Gasteiger partial charge >= 0.3 is 11.9 Å². The van der Waals surface area contributed by atoms with E-state index in [0.29, 0.717) is 0 Å². The summed E-state index contributed by atoms with van der Waals surface area (Å²) in [6.45, 7) is 1.88. The van der Waals surface area contributed by atoms with Crippen molar-refractivity contribution in [1.29, 1.82) is 0 Å². The molecule has 82 valence electrons. The van der Waals surface area contributed by atoms with Crippen LogP contribution in [0.5, 0.6) is 0 Å². The number of esters is 2. The molecule has 0 aliphatic carbocycles. The zero-order valence-electron chi connectivity index (χ0n) is 8.19. The molecule has 0 amide bonds. The number of nitrogens with two attached hydrogens (primary N) is 2. The van der Waals surface area contributed by atoms with Crippen molar-refractivity contribution in [2.75, 3.05) is 19.7 Å². The van der Waals surface area contributed by atoms with Crippen LogP contribution in [-0.2, 0) is 19.1 Å². The first-order valence-electron chi connectivity index (χ1n) is 4.41. The van der Waals surface area contributed by atoms with Crippen LogP contribution in [0.2, 0.25) is 0 Å². The SMILES string of the molecule is CCOC(=O)C(CCN)OC(=O)CN. The number of hydrogen-bond acceptors (Lipinski definition) is 6. The molecule has 0 saturated carbocycles. The zero-order valence-corrected chi connectivity index (χ0v) is 8.19. The lowest BCUT2D eigenvalue weighted by Gasteiger charge is -2.14. The van der Waals surface area contributed by atoms with Crippen LogP contribution in [0.3, 0.4) is 0 Å². The summed E-state index contributed by atoms with van der Waals surface area (Å²) in [6.07, 6.45) is -0.694. The second-order valence-electron chi connectivity index (χ2n) is 2.51. The van der Waals surface area contributed by atoms with Crippen molar-refractivity contribution in [3.63, 3.8) is 0 Å². The zero-order chi connectivity index (χ0) is 11.0. The quantitative estimate of drug-likeness (QED) is 0.525. The lowest BCUT2D eigenvalue weighted by molar-refractivity contribution is -0.167. The molecule has 14 heavy (non-hydrogen) atoms. The summed E-state index contributed by atoms with van der Waals surface area (Å²) < 4.78 is 9.43. The standard InChI is InChI=1S/C8H16N2O4/c1-2-13-8(12)6(3-4-9)14-7(11)5-10/h6H,2-5,9-10H2,1H3. The van der Waals surface area contributed by atoms with Gasteiger partial charge in [0.25, 0.3) is 0 Å². The van der Waals surface area contributed by atoms with E-state index in [1.54, 1.807) is 6.92 Å². The molecule has 0 spiro atoms. The maximum absolute atomic E-state index is 11.2. The molecule has 1 unspecified atom stereocenters. The average molecular weight is 204 g/mol. The van der Waals surface area contributed by atoms with Crippen LogP contribution in [0.4, 0.5) is 0 Å². The summed E-state index contributed by atoms with van der Waals surface area (Å²) in [4.78, 5) is 22.0. The first-order chi connectivity index (χ1) is 6.65. The lowest BCUT2D eigenvalue weighted by Crippen LogP contribution is -2.33. The second kappa shape index (κ2) is 7.28. The summed E-state index contributed by atoms with van der Waals surface area (Å²) in [7, 11) is 0. The van der Waals surface area contributed by atoms with Crippen molar-refractivity contribution >= 4 is 11.9 Å². The van der Waals surface area contributed by atoms with Crippen molar-refractivity contribution in [2.24, 2.45) is 11.5 Å². The van der Waals surface area contributed by atoms with E-state index in [-0.39, 0.29) is 26.1 Å². The van der Waals surface area contributed by atoms with Crippen LogP contribution in [0.15, 0.2) is 0 Å². The molecule has 0 aromatic rings. The third-order valence-corrected chi connectivity index (χ3v) is 1.42. The number of ether oxygens (including phenoxy) is 2. The normalized spacial score (nSPS) is 11.9. The Morgan fingerprint density at radius 2 is 2.00 bits per heavy atom. The highest BCUT2D eigenvalue weighted by Gasteiger charge is 2.22. The fourth-order valence-corrected chi connectivity index (χ4v) is 0.818. The minimum absolute atomic E-state index is 0.236. The van der Waals surface area contributed by atoms with Gasteiger partial charge in [-0.25, -0.2) is 4.79 Å². The lowest BCUT2D eigenvalue weighted by atomic mass is 10.2. The molecule has 6 nitrogen and oxygen atoms in total. The predicted molar refractivity (Wildman–Crippen MR) is 49.2 cm³/mol. The van der Waals surface area contributed by atoms with Crippen molar-refractivity contribution in [1.82, 2.24) is 0 Å². The van der Waals surface area contributed by atoms with Crippen LogP contribution in [0.1, 0.15) is 13.3 Å². The highest BCUT2D eigenvalue weighted by atomic mass is 16.6. The van der Waals surface area contributed by atoms with Crippen LogP contribution < -0.4 is 11.5 Å². The maximum atomic E-state index is 11.2. The van der Waals surface area contributed by atoms with Crippen LogP contribution in [0.25, 0.3) is 0 Å². The van der Waals surface area contributed by atoms with E-state index in [0.717, 1.165) is 0 Å². The molecule has 0 aliphatic rings. The van der Waals surface area contributed by atoms with Crippen molar-refractivity contribution < 1.29 is 19.1 Å². The Hall–Kier alpha value is -1.14. The van der Waals surface area contributed by atoms with Crippen LogP contribution in [0, 0.1) is 0 Å². The fourth-order valence-electron chi connectivity index (χ4n) is 0.818. The monoisotopic (exact) mass is 204 g/mol. The third-order valence-electron chi connectivity index (χ3n) is 1.42. The highest BCUT2D eigenvalue weighted by Crippen LogP contribution is 2.01. The molecular weight excluding hydrogens is 188 g/mol. The molecule has 0 aromatic carbocycles. The van der Waals surface area contributed by atoms with Gasteiger partial charge in [-0.15, -0.1) is 0 Å². The molecule has 1 atom stereocenters. The van der Waals surface area contributed by atoms with Gasteiger partial charge in [0.05, 0.1) is 13.2 Å². The van der Waals surface area contributed by atoms with E-state index in [2.05, 4.69) is 4.74 Å². The number of hydrogen-bond donors (Lipinski definition) is 2. The third kappa shape index (κ3) is 4.78. The smallest absolute Gasteiger partial charge is 0.347 e. The van der Waals surface area contributed by atoms with Gasteiger partial charge < -0.3 is 20.9 Å². The van der Waals surface area contributed by atoms with E-state index in [1.807, 2.05) is 0 Å². The number of rotatable bonds is 6. The predicted octanol–water partition coefficient (Wildman–Crippen LogP) is -1.23.